The van der Waals surface area contributed by atoms with Crippen LogP contribution in [0, 0.1) is 5.92 Å². The second-order valence-corrected chi connectivity index (χ2v) is 4.03. The molecule has 110 valence electrons. The number of carboxylic acids is 1. The molecule has 0 radical (unpaired) electrons. The fourth-order valence-electron chi connectivity index (χ4n) is 1.33. The summed E-state index contributed by atoms with van der Waals surface area (Å²) in [7, 11) is 0. The third-order valence-corrected chi connectivity index (χ3v) is 2.61. The molecule has 0 bridgehead atoms. The van der Waals surface area contributed by atoms with Crippen molar-refractivity contribution < 1.29 is 23.8 Å². The zero-order valence-electron chi connectivity index (χ0n) is 10.7. The maximum absolute atomic E-state index is 13.4. The summed E-state index contributed by atoms with van der Waals surface area (Å²) in [5.41, 5.74) is 4.50. The number of nitrogens with two attached hydrogens (primary N) is 1. The van der Waals surface area contributed by atoms with E-state index in [-0.39, 0.29) is 18.8 Å². The Morgan fingerprint density at radius 3 is 2.80 bits per heavy atom. The molecule has 3 N–H and O–H groups in total. The van der Waals surface area contributed by atoms with Gasteiger partial charge < -0.3 is 15.6 Å². The van der Waals surface area contributed by atoms with Crippen LogP contribution in [0.25, 0.3) is 0 Å². The summed E-state index contributed by atoms with van der Waals surface area (Å²) in [6, 6.07) is 1.23. The Morgan fingerprint density at radius 1 is 1.60 bits per heavy atom. The van der Waals surface area contributed by atoms with E-state index in [1.807, 2.05) is 0 Å². The zero-order chi connectivity index (χ0) is 15.3. The van der Waals surface area contributed by atoms with E-state index in [1.165, 1.54) is 13.0 Å². The van der Waals surface area contributed by atoms with E-state index >= 15 is 0 Å². The number of halogens is 1. The molecular formula is C11H14FN3O5. The highest BCUT2D eigenvalue weighted by atomic mass is 19.1. The number of ether oxygens (including phenoxy) is 1. The second-order valence-electron chi connectivity index (χ2n) is 4.03. The van der Waals surface area contributed by atoms with Gasteiger partial charge in [0.05, 0.1) is 12.5 Å². The molecule has 0 spiro atoms. The van der Waals surface area contributed by atoms with Gasteiger partial charge in [-0.25, -0.2) is 19.0 Å². The zero-order valence-corrected chi connectivity index (χ0v) is 10.7. The number of nitrogens with zero attached hydrogens (tertiary/aromatic N) is 2. The minimum Gasteiger partial charge on any atom is -0.481 e. The molecule has 0 aliphatic heterocycles. The van der Waals surface area contributed by atoms with Crippen LogP contribution in [0.1, 0.15) is 13.3 Å². The summed E-state index contributed by atoms with van der Waals surface area (Å²) in [6.07, 6.45) is -1.92. The van der Waals surface area contributed by atoms with Gasteiger partial charge in [0.1, 0.15) is 12.0 Å². The van der Waals surface area contributed by atoms with Gasteiger partial charge in [0, 0.05) is 12.6 Å². The third kappa shape index (κ3) is 3.77. The molecule has 1 rings (SSSR count). The van der Waals surface area contributed by atoms with E-state index in [9.17, 15) is 18.8 Å². The lowest BCUT2D eigenvalue weighted by atomic mass is 10.0. The molecule has 1 heterocycles. The first-order chi connectivity index (χ1) is 9.34. The Kier molecular flexibility index (Phi) is 5.18. The Morgan fingerprint density at radius 2 is 2.25 bits per heavy atom. The van der Waals surface area contributed by atoms with E-state index in [1.54, 1.807) is 0 Å². The number of rotatable bonds is 5. The normalized spacial score (nSPS) is 13.5. The average Bonchev–Trinajstić information content (AvgIpc) is 2.37. The van der Waals surface area contributed by atoms with Crippen molar-refractivity contribution in [2.24, 2.45) is 5.92 Å². The number of aliphatic carboxylic acids is 1. The summed E-state index contributed by atoms with van der Waals surface area (Å²) in [6.45, 7) is 0.830. The molecule has 1 aromatic rings. The third-order valence-electron chi connectivity index (χ3n) is 2.61. The van der Waals surface area contributed by atoms with E-state index < -0.39 is 29.8 Å². The van der Waals surface area contributed by atoms with Gasteiger partial charge in [0.25, 0.3) is 0 Å². The first-order valence-electron chi connectivity index (χ1n) is 5.72. The number of aromatic nitrogens is 2. The lowest BCUT2D eigenvalue weighted by Gasteiger charge is -2.13. The molecular weight excluding hydrogens is 273 g/mol. The highest BCUT2D eigenvalue weighted by Gasteiger charge is 2.23. The predicted octanol–water partition coefficient (Wildman–Crippen LogP) is 0.259. The molecule has 1 aromatic heterocycles. The molecule has 0 amide bonds. The Balaban J connectivity index is 2.57. The predicted molar refractivity (Wildman–Crippen MR) is 66.0 cm³/mol. The monoisotopic (exact) mass is 287 g/mol. The fourth-order valence-corrected chi connectivity index (χ4v) is 1.33. The Hall–Kier alpha value is -2.45. The van der Waals surface area contributed by atoms with Crippen LogP contribution in [0.15, 0.2) is 17.1 Å². The first-order valence-corrected chi connectivity index (χ1v) is 5.72. The number of hydrogen-bond acceptors (Lipinski definition) is 6. The SMILES string of the molecule is CC(C(=O)O)C(F)CCOC(=O)n1c(N)ccnc1=O. The van der Waals surface area contributed by atoms with E-state index in [0.29, 0.717) is 4.57 Å². The van der Waals surface area contributed by atoms with Gasteiger partial charge in [-0.2, -0.15) is 4.57 Å². The molecule has 9 heteroatoms. The van der Waals surface area contributed by atoms with Gasteiger partial charge in [0.15, 0.2) is 0 Å². The molecule has 8 nitrogen and oxygen atoms in total. The van der Waals surface area contributed by atoms with Crippen molar-refractivity contribution in [2.45, 2.75) is 19.5 Å². The van der Waals surface area contributed by atoms with Gasteiger partial charge in [0.2, 0.25) is 0 Å². The van der Waals surface area contributed by atoms with Crippen molar-refractivity contribution in [3.63, 3.8) is 0 Å². The Bertz CT molecular complexity index is 559. The fraction of sp³-hybridized carbons (Fsp3) is 0.455. The van der Waals surface area contributed by atoms with Crippen molar-refractivity contribution in [3.8, 4) is 0 Å². The van der Waals surface area contributed by atoms with Crippen LogP contribution in [-0.2, 0) is 9.53 Å². The summed E-state index contributed by atoms with van der Waals surface area (Å²) in [5, 5.41) is 8.59. The summed E-state index contributed by atoms with van der Waals surface area (Å²) >= 11 is 0. The molecule has 0 saturated heterocycles. The largest absolute Gasteiger partial charge is 0.481 e. The number of carbonyl (C=O) groups is 2. The van der Waals surface area contributed by atoms with Gasteiger partial charge in [-0.1, -0.05) is 0 Å². The van der Waals surface area contributed by atoms with Crippen molar-refractivity contribution in [1.82, 2.24) is 9.55 Å². The molecule has 0 saturated carbocycles. The molecule has 20 heavy (non-hydrogen) atoms. The van der Waals surface area contributed by atoms with Crippen molar-refractivity contribution in [1.29, 1.82) is 0 Å². The van der Waals surface area contributed by atoms with Crippen molar-refractivity contribution >= 4 is 17.9 Å². The van der Waals surface area contributed by atoms with E-state index in [2.05, 4.69) is 9.72 Å². The van der Waals surface area contributed by atoms with Crippen molar-refractivity contribution in [3.05, 3.63) is 22.7 Å². The molecule has 0 fully saturated rings. The van der Waals surface area contributed by atoms with Crippen LogP contribution < -0.4 is 11.4 Å². The molecule has 2 unspecified atom stereocenters. The maximum Gasteiger partial charge on any atom is 0.423 e. The van der Waals surface area contributed by atoms with E-state index in [4.69, 9.17) is 10.8 Å². The Labute approximate surface area is 113 Å². The first kappa shape index (κ1) is 15.6. The molecule has 2 atom stereocenters. The standard InChI is InChI=1S/C11H14FN3O5/c1-6(9(16)17)7(12)3-5-20-11(19)15-8(13)2-4-14-10(15)18/h2,4,6-7H,3,5,13H2,1H3,(H,16,17). The molecule has 0 aliphatic carbocycles. The summed E-state index contributed by atoms with van der Waals surface area (Å²) in [4.78, 5) is 36.7. The number of carbonyl (C=O) groups excluding carboxylic acids is 1. The smallest absolute Gasteiger partial charge is 0.423 e. The molecule has 0 aromatic carbocycles. The summed E-state index contributed by atoms with van der Waals surface area (Å²) < 4.78 is 18.5. The van der Waals surface area contributed by atoms with Crippen LogP contribution in [0.3, 0.4) is 0 Å². The molecule has 0 aliphatic rings. The van der Waals surface area contributed by atoms with Gasteiger partial charge in [-0.05, 0) is 13.0 Å². The van der Waals surface area contributed by atoms with Crippen LogP contribution in [0.5, 0.6) is 0 Å². The quantitative estimate of drug-likeness (QED) is 0.795. The minimum atomic E-state index is -1.66. The van der Waals surface area contributed by atoms with Crippen LogP contribution in [0.2, 0.25) is 0 Å². The number of nitrogen functional groups attached to an aromatic ring is 1. The van der Waals surface area contributed by atoms with Gasteiger partial charge in [-0.3, -0.25) is 4.79 Å². The number of alkyl halides is 1. The van der Waals surface area contributed by atoms with Crippen LogP contribution in [0.4, 0.5) is 15.0 Å². The van der Waals surface area contributed by atoms with Crippen LogP contribution >= 0.6 is 0 Å². The van der Waals surface area contributed by atoms with Crippen LogP contribution in [-0.4, -0.2) is 39.5 Å². The number of anilines is 1. The van der Waals surface area contributed by atoms with Gasteiger partial charge >= 0.3 is 17.8 Å². The van der Waals surface area contributed by atoms with E-state index in [0.717, 1.165) is 6.20 Å². The average molecular weight is 287 g/mol. The highest BCUT2D eigenvalue weighted by molar-refractivity contribution is 5.73. The maximum atomic E-state index is 13.4. The number of hydrogen-bond donors (Lipinski definition) is 2. The highest BCUT2D eigenvalue weighted by Crippen LogP contribution is 2.12. The lowest BCUT2D eigenvalue weighted by Crippen LogP contribution is -2.32. The van der Waals surface area contributed by atoms with Crippen molar-refractivity contribution in [2.75, 3.05) is 12.3 Å². The summed E-state index contributed by atoms with van der Waals surface area (Å²) in [5.74, 6) is -2.65. The number of carboxylic acid groups (broad SMARTS) is 1. The second kappa shape index (κ2) is 6.64. The topological polar surface area (TPSA) is 125 Å². The minimum absolute atomic E-state index is 0.161. The lowest BCUT2D eigenvalue weighted by molar-refractivity contribution is -0.143. The van der Waals surface area contributed by atoms with Gasteiger partial charge in [-0.15, -0.1) is 0 Å².